The number of benzene rings is 3. The Morgan fingerprint density at radius 2 is 1.68 bits per heavy atom. The number of rotatable bonds is 7. The van der Waals surface area contributed by atoms with Gasteiger partial charge in [-0.25, -0.2) is 4.68 Å². The number of carbonyl (C=O) groups excluding carboxylic acids is 1. The van der Waals surface area contributed by atoms with Gasteiger partial charge in [0, 0.05) is 17.3 Å². The first-order valence-electron chi connectivity index (χ1n) is 10.9. The SMILES string of the molecule is COc1ccc(-c2nn(-c3ccccc3)cc2C=C(C#N)C(=O)NC(C)c2ccccc2)cc1. The molecule has 1 aromatic heterocycles. The fourth-order valence-corrected chi connectivity index (χ4v) is 3.58. The number of nitrogens with one attached hydrogen (secondary N) is 1. The van der Waals surface area contributed by atoms with Gasteiger partial charge in [-0.15, -0.1) is 0 Å². The molecule has 3 aromatic carbocycles. The third-order valence-corrected chi connectivity index (χ3v) is 5.44. The zero-order chi connectivity index (χ0) is 23.9. The Hall–Kier alpha value is -4.63. The van der Waals surface area contributed by atoms with E-state index in [4.69, 9.17) is 9.84 Å². The molecule has 0 saturated heterocycles. The number of nitriles is 1. The van der Waals surface area contributed by atoms with E-state index in [0.717, 1.165) is 22.6 Å². The molecule has 6 nitrogen and oxygen atoms in total. The lowest BCUT2D eigenvalue weighted by Gasteiger charge is -2.13. The predicted molar refractivity (Wildman–Crippen MR) is 132 cm³/mol. The van der Waals surface area contributed by atoms with E-state index in [0.29, 0.717) is 11.3 Å². The molecule has 0 saturated carbocycles. The number of nitrogens with zero attached hydrogens (tertiary/aromatic N) is 3. The van der Waals surface area contributed by atoms with Crippen LogP contribution in [0.2, 0.25) is 0 Å². The molecule has 4 aromatic rings. The van der Waals surface area contributed by atoms with Crippen LogP contribution < -0.4 is 10.1 Å². The lowest BCUT2D eigenvalue weighted by atomic mass is 10.0. The normalized spacial score (nSPS) is 12.0. The van der Waals surface area contributed by atoms with Gasteiger partial charge in [-0.05, 0) is 55.0 Å². The molecular formula is C28H24N4O2. The van der Waals surface area contributed by atoms with E-state index >= 15 is 0 Å². The van der Waals surface area contributed by atoms with E-state index in [1.807, 2.05) is 104 Å². The molecule has 6 heteroatoms. The van der Waals surface area contributed by atoms with Crippen LogP contribution in [-0.2, 0) is 4.79 Å². The molecule has 1 unspecified atom stereocenters. The molecule has 0 radical (unpaired) electrons. The van der Waals surface area contributed by atoms with Crippen molar-refractivity contribution in [3.8, 4) is 28.8 Å². The van der Waals surface area contributed by atoms with Gasteiger partial charge < -0.3 is 10.1 Å². The molecule has 168 valence electrons. The monoisotopic (exact) mass is 448 g/mol. The van der Waals surface area contributed by atoms with Crippen LogP contribution in [0.4, 0.5) is 0 Å². The van der Waals surface area contributed by atoms with Gasteiger partial charge in [0.1, 0.15) is 17.4 Å². The molecule has 0 aliphatic carbocycles. The van der Waals surface area contributed by atoms with Crippen molar-refractivity contribution < 1.29 is 9.53 Å². The minimum atomic E-state index is -0.438. The van der Waals surface area contributed by atoms with Crippen molar-refractivity contribution in [3.05, 3.63) is 108 Å². The van der Waals surface area contributed by atoms with Crippen molar-refractivity contribution in [1.29, 1.82) is 5.26 Å². The first-order valence-corrected chi connectivity index (χ1v) is 10.9. The smallest absolute Gasteiger partial charge is 0.262 e. The van der Waals surface area contributed by atoms with Crippen LogP contribution in [0.25, 0.3) is 23.0 Å². The summed E-state index contributed by atoms with van der Waals surface area (Å²) >= 11 is 0. The maximum atomic E-state index is 12.9. The van der Waals surface area contributed by atoms with E-state index in [-0.39, 0.29) is 11.6 Å². The van der Waals surface area contributed by atoms with Gasteiger partial charge in [0.25, 0.3) is 5.91 Å². The summed E-state index contributed by atoms with van der Waals surface area (Å²) in [5.41, 5.74) is 4.00. The molecule has 34 heavy (non-hydrogen) atoms. The predicted octanol–water partition coefficient (Wildman–Crippen LogP) is 5.33. The second-order valence-electron chi connectivity index (χ2n) is 7.72. The molecule has 1 atom stereocenters. The molecule has 0 spiro atoms. The summed E-state index contributed by atoms with van der Waals surface area (Å²) in [5.74, 6) is 0.294. The molecule has 1 heterocycles. The number of methoxy groups -OCH3 is 1. The summed E-state index contributed by atoms with van der Waals surface area (Å²) in [4.78, 5) is 12.9. The average Bonchev–Trinajstić information content (AvgIpc) is 3.32. The summed E-state index contributed by atoms with van der Waals surface area (Å²) in [6.45, 7) is 1.89. The van der Waals surface area contributed by atoms with Crippen molar-refractivity contribution in [2.75, 3.05) is 7.11 Å². The van der Waals surface area contributed by atoms with Crippen molar-refractivity contribution in [1.82, 2.24) is 15.1 Å². The Morgan fingerprint density at radius 3 is 2.29 bits per heavy atom. The number of carbonyl (C=O) groups is 1. The molecule has 0 aliphatic rings. The summed E-state index contributed by atoms with van der Waals surface area (Å²) in [7, 11) is 1.61. The van der Waals surface area contributed by atoms with Crippen LogP contribution in [0.3, 0.4) is 0 Å². The number of aromatic nitrogens is 2. The van der Waals surface area contributed by atoms with Gasteiger partial charge in [-0.2, -0.15) is 10.4 Å². The van der Waals surface area contributed by atoms with Crippen LogP contribution >= 0.6 is 0 Å². The number of hydrogen-bond acceptors (Lipinski definition) is 4. The number of amides is 1. The molecule has 0 bridgehead atoms. The Morgan fingerprint density at radius 1 is 1.03 bits per heavy atom. The molecule has 0 fully saturated rings. The number of para-hydroxylation sites is 1. The second-order valence-corrected chi connectivity index (χ2v) is 7.72. The van der Waals surface area contributed by atoms with E-state index in [1.54, 1.807) is 17.9 Å². The summed E-state index contributed by atoms with van der Waals surface area (Å²) in [6.07, 6.45) is 3.40. The zero-order valence-corrected chi connectivity index (χ0v) is 19.0. The standard InChI is InChI=1S/C28H24N4O2/c1-20(21-9-5-3-6-10-21)30-28(33)23(18-29)17-24-19-32(25-11-7-4-8-12-25)31-27(24)22-13-15-26(34-2)16-14-22/h3-17,19-20H,1-2H3,(H,30,33). The number of hydrogen-bond donors (Lipinski definition) is 1. The van der Waals surface area contributed by atoms with Crippen molar-refractivity contribution in [3.63, 3.8) is 0 Å². The highest BCUT2D eigenvalue weighted by atomic mass is 16.5. The Kier molecular flexibility index (Phi) is 6.85. The minimum absolute atomic E-state index is 0.00477. The van der Waals surface area contributed by atoms with Crippen LogP contribution in [0.15, 0.2) is 96.7 Å². The van der Waals surface area contributed by atoms with E-state index in [9.17, 15) is 10.1 Å². The van der Waals surface area contributed by atoms with Crippen LogP contribution in [0.5, 0.6) is 5.75 Å². The van der Waals surface area contributed by atoms with Crippen LogP contribution in [0.1, 0.15) is 24.1 Å². The molecular weight excluding hydrogens is 424 g/mol. The van der Waals surface area contributed by atoms with E-state index in [1.165, 1.54) is 0 Å². The summed E-state index contributed by atoms with van der Waals surface area (Å²) in [6, 6.07) is 28.6. The van der Waals surface area contributed by atoms with Gasteiger partial charge in [0.05, 0.1) is 24.5 Å². The number of ether oxygens (including phenoxy) is 1. The third-order valence-electron chi connectivity index (χ3n) is 5.44. The summed E-state index contributed by atoms with van der Waals surface area (Å²) in [5, 5.41) is 17.4. The Labute approximate surface area is 198 Å². The first-order chi connectivity index (χ1) is 16.6. The topological polar surface area (TPSA) is 79.9 Å². The first kappa shape index (κ1) is 22.6. The van der Waals surface area contributed by atoms with E-state index in [2.05, 4.69) is 5.32 Å². The lowest BCUT2D eigenvalue weighted by Crippen LogP contribution is -2.27. The third kappa shape index (κ3) is 5.05. The molecule has 1 N–H and O–H groups in total. The Bertz CT molecular complexity index is 1330. The quantitative estimate of drug-likeness (QED) is 0.306. The van der Waals surface area contributed by atoms with Gasteiger partial charge >= 0.3 is 0 Å². The van der Waals surface area contributed by atoms with Gasteiger partial charge in [-0.3, -0.25) is 4.79 Å². The molecule has 1 amide bonds. The minimum Gasteiger partial charge on any atom is -0.497 e. The lowest BCUT2D eigenvalue weighted by molar-refractivity contribution is -0.117. The van der Waals surface area contributed by atoms with Crippen LogP contribution in [0, 0.1) is 11.3 Å². The van der Waals surface area contributed by atoms with E-state index < -0.39 is 5.91 Å². The van der Waals surface area contributed by atoms with Gasteiger partial charge in [0.2, 0.25) is 0 Å². The second kappa shape index (κ2) is 10.3. The average molecular weight is 449 g/mol. The molecule has 4 rings (SSSR count). The largest absolute Gasteiger partial charge is 0.497 e. The van der Waals surface area contributed by atoms with Crippen molar-refractivity contribution >= 4 is 12.0 Å². The molecule has 0 aliphatic heterocycles. The van der Waals surface area contributed by atoms with Crippen molar-refractivity contribution in [2.45, 2.75) is 13.0 Å². The van der Waals surface area contributed by atoms with Gasteiger partial charge in [-0.1, -0.05) is 48.5 Å². The zero-order valence-electron chi connectivity index (χ0n) is 19.0. The van der Waals surface area contributed by atoms with Crippen LogP contribution in [-0.4, -0.2) is 22.8 Å². The Balaban J connectivity index is 1.71. The van der Waals surface area contributed by atoms with Crippen molar-refractivity contribution in [2.24, 2.45) is 0 Å². The maximum absolute atomic E-state index is 12.9. The summed E-state index contributed by atoms with van der Waals surface area (Å²) < 4.78 is 7.00. The highest BCUT2D eigenvalue weighted by molar-refractivity contribution is 6.02. The highest BCUT2D eigenvalue weighted by Gasteiger charge is 2.17. The van der Waals surface area contributed by atoms with Gasteiger partial charge in [0.15, 0.2) is 0 Å². The fourth-order valence-electron chi connectivity index (χ4n) is 3.58. The highest BCUT2D eigenvalue weighted by Crippen LogP contribution is 2.27. The maximum Gasteiger partial charge on any atom is 0.262 e. The fraction of sp³-hybridized carbons (Fsp3) is 0.107.